The molecule has 0 radical (unpaired) electrons. The number of aliphatic hydroxyl groups is 1. The van der Waals surface area contributed by atoms with Crippen LogP contribution in [-0.4, -0.2) is 48.3 Å². The van der Waals surface area contributed by atoms with Crippen molar-refractivity contribution < 1.29 is 17.9 Å². The Morgan fingerprint density at radius 3 is 2.62 bits per heavy atom. The van der Waals surface area contributed by atoms with Crippen LogP contribution in [0.2, 0.25) is 5.02 Å². The van der Waals surface area contributed by atoms with Gasteiger partial charge in [0.15, 0.2) is 0 Å². The van der Waals surface area contributed by atoms with Gasteiger partial charge in [0.05, 0.1) is 29.1 Å². The van der Waals surface area contributed by atoms with Crippen molar-refractivity contribution in [1.82, 2.24) is 14.1 Å². The van der Waals surface area contributed by atoms with E-state index in [2.05, 4.69) is 5.10 Å². The number of hydrogen-bond donors (Lipinski definition) is 2. The summed E-state index contributed by atoms with van der Waals surface area (Å²) in [6.07, 6.45) is 0.400. The van der Waals surface area contributed by atoms with Gasteiger partial charge in [-0.3, -0.25) is 4.68 Å². The van der Waals surface area contributed by atoms with Crippen LogP contribution in [-0.2, 0) is 23.0 Å². The second-order valence-corrected chi connectivity index (χ2v) is 9.43. The normalized spacial score (nSPS) is 13.9. The van der Waals surface area contributed by atoms with Crippen molar-refractivity contribution in [2.24, 2.45) is 5.73 Å². The average Bonchev–Trinajstić information content (AvgIpc) is 2.90. The Balaban J connectivity index is 2.42. The van der Waals surface area contributed by atoms with E-state index in [1.54, 1.807) is 30.7 Å². The van der Waals surface area contributed by atoms with Crippen LogP contribution in [0.5, 0.6) is 0 Å². The molecule has 0 spiro atoms. The van der Waals surface area contributed by atoms with Crippen LogP contribution in [0.25, 0.3) is 0 Å². The van der Waals surface area contributed by atoms with Gasteiger partial charge in [-0.05, 0) is 37.6 Å². The molecule has 0 fully saturated rings. The van der Waals surface area contributed by atoms with Gasteiger partial charge in [-0.2, -0.15) is 5.10 Å². The van der Waals surface area contributed by atoms with Crippen molar-refractivity contribution in [2.75, 3.05) is 20.6 Å². The van der Waals surface area contributed by atoms with E-state index < -0.39 is 22.0 Å². The average molecular weight is 445 g/mol. The molecule has 1 atom stereocenters. The molecule has 0 saturated carbocycles. The third-order valence-electron chi connectivity index (χ3n) is 4.46. The molecule has 1 heterocycles. The van der Waals surface area contributed by atoms with E-state index in [0.717, 1.165) is 4.31 Å². The summed E-state index contributed by atoms with van der Waals surface area (Å²) in [6.45, 7) is 3.66. The summed E-state index contributed by atoms with van der Waals surface area (Å²) in [6, 6.07) is 4.63. The molecule has 2 aromatic rings. The highest BCUT2D eigenvalue weighted by Crippen LogP contribution is 2.28. The minimum Gasteiger partial charge on any atom is -0.387 e. The summed E-state index contributed by atoms with van der Waals surface area (Å²) in [4.78, 5) is 0.00925. The van der Waals surface area contributed by atoms with Gasteiger partial charge >= 0.3 is 0 Å². The number of aromatic nitrogens is 2. The Hall–Kier alpha value is -1.78. The fourth-order valence-corrected chi connectivity index (χ4v) is 4.47. The van der Waals surface area contributed by atoms with Crippen molar-refractivity contribution >= 4 is 21.6 Å². The third-order valence-corrected chi connectivity index (χ3v) is 6.76. The van der Waals surface area contributed by atoms with Gasteiger partial charge in [0, 0.05) is 32.6 Å². The minimum absolute atomic E-state index is 0.00925. The number of aryl methyl sites for hydroxylation is 1. The summed E-state index contributed by atoms with van der Waals surface area (Å²) in [5.74, 6) is -0.390. The first-order valence-electron chi connectivity index (χ1n) is 8.98. The molecule has 0 bridgehead atoms. The van der Waals surface area contributed by atoms with Crippen molar-refractivity contribution in [1.29, 1.82) is 0 Å². The molecule has 7 nitrogen and oxygen atoms in total. The third kappa shape index (κ3) is 5.23. The highest BCUT2D eigenvalue weighted by atomic mass is 35.5. The lowest BCUT2D eigenvalue weighted by molar-refractivity contribution is 0.186. The molecule has 0 aliphatic carbocycles. The maximum absolute atomic E-state index is 14.0. The molecule has 1 aromatic heterocycles. The molecule has 1 aromatic carbocycles. The minimum atomic E-state index is -3.66. The fourth-order valence-electron chi connectivity index (χ4n) is 3.03. The summed E-state index contributed by atoms with van der Waals surface area (Å²) < 4.78 is 41.3. The maximum atomic E-state index is 14.0. The first kappa shape index (κ1) is 23.5. The molecule has 10 heteroatoms. The SMILES string of the molecule is Cc1nn(Cc2ccc(S(=O)(=O)N(C)C)c(Cl)c2)c(C(C)O)c1CC(F)=CCN. The van der Waals surface area contributed by atoms with Crippen LogP contribution in [0.3, 0.4) is 0 Å². The number of aliphatic hydroxyl groups excluding tert-OH is 1. The van der Waals surface area contributed by atoms with Crippen molar-refractivity contribution in [2.45, 2.75) is 37.8 Å². The quantitative estimate of drug-likeness (QED) is 0.651. The second-order valence-electron chi connectivity index (χ2n) is 6.90. The molecule has 0 amide bonds. The molecule has 160 valence electrons. The molecular weight excluding hydrogens is 419 g/mol. The molecule has 0 aliphatic heterocycles. The van der Waals surface area contributed by atoms with E-state index in [1.165, 1.54) is 26.2 Å². The van der Waals surface area contributed by atoms with Gasteiger partial charge < -0.3 is 10.8 Å². The number of nitrogens with zero attached hydrogens (tertiary/aromatic N) is 3. The smallest absolute Gasteiger partial charge is 0.244 e. The first-order valence-corrected chi connectivity index (χ1v) is 10.8. The van der Waals surface area contributed by atoms with Gasteiger partial charge in [0.25, 0.3) is 0 Å². The largest absolute Gasteiger partial charge is 0.387 e. The zero-order valence-electron chi connectivity index (χ0n) is 16.9. The molecule has 0 aliphatic rings. The zero-order chi connectivity index (χ0) is 21.9. The molecule has 1 unspecified atom stereocenters. The Kier molecular flexibility index (Phi) is 7.58. The Morgan fingerprint density at radius 1 is 1.45 bits per heavy atom. The van der Waals surface area contributed by atoms with Gasteiger partial charge in [-0.1, -0.05) is 17.7 Å². The van der Waals surface area contributed by atoms with E-state index in [4.69, 9.17) is 17.3 Å². The topological polar surface area (TPSA) is 101 Å². The number of benzene rings is 1. The number of sulfonamides is 1. The lowest BCUT2D eigenvalue weighted by Gasteiger charge is -2.15. The predicted molar refractivity (Wildman–Crippen MR) is 111 cm³/mol. The predicted octanol–water partition coefficient (Wildman–Crippen LogP) is 2.55. The lowest BCUT2D eigenvalue weighted by atomic mass is 10.1. The Bertz CT molecular complexity index is 1020. The Labute approximate surface area is 175 Å². The highest BCUT2D eigenvalue weighted by molar-refractivity contribution is 7.89. The molecular formula is C19H26ClFN4O3S. The van der Waals surface area contributed by atoms with Gasteiger partial charge in [0.2, 0.25) is 10.0 Å². The highest BCUT2D eigenvalue weighted by Gasteiger charge is 2.23. The number of rotatable bonds is 8. The standard InChI is InChI=1S/C19H26ClFN4O3S/c1-12-16(10-15(21)7-8-22)19(13(2)26)25(23-12)11-14-5-6-18(17(20)9-14)29(27,28)24(3)4/h5-7,9,13,26H,8,10-11,22H2,1-4H3. The van der Waals surface area contributed by atoms with Crippen molar-refractivity contribution in [3.8, 4) is 0 Å². The van der Waals surface area contributed by atoms with Gasteiger partial charge in [0.1, 0.15) is 10.7 Å². The van der Waals surface area contributed by atoms with Crippen molar-refractivity contribution in [3.63, 3.8) is 0 Å². The summed E-state index contributed by atoms with van der Waals surface area (Å²) in [5, 5.41) is 14.8. The van der Waals surface area contributed by atoms with Crippen molar-refractivity contribution in [3.05, 3.63) is 57.6 Å². The molecule has 0 saturated heterocycles. The van der Waals surface area contributed by atoms with Crippen LogP contribution < -0.4 is 5.73 Å². The van der Waals surface area contributed by atoms with Gasteiger partial charge in [-0.15, -0.1) is 0 Å². The summed E-state index contributed by atoms with van der Waals surface area (Å²) in [5.41, 5.74) is 7.74. The first-order chi connectivity index (χ1) is 13.5. The number of halogens is 2. The fraction of sp³-hybridized carbons (Fsp3) is 0.421. The lowest BCUT2D eigenvalue weighted by Crippen LogP contribution is -2.22. The Morgan fingerprint density at radius 2 is 2.10 bits per heavy atom. The molecule has 29 heavy (non-hydrogen) atoms. The van der Waals surface area contributed by atoms with E-state index in [0.29, 0.717) is 22.5 Å². The monoisotopic (exact) mass is 444 g/mol. The molecule has 3 N–H and O–H groups in total. The summed E-state index contributed by atoms with van der Waals surface area (Å²) in [7, 11) is -0.797. The van der Waals surface area contributed by atoms with E-state index in [1.807, 2.05) is 0 Å². The maximum Gasteiger partial charge on any atom is 0.244 e. The van der Waals surface area contributed by atoms with Crippen LogP contribution in [0.4, 0.5) is 4.39 Å². The van der Waals surface area contributed by atoms with Crippen LogP contribution in [0.15, 0.2) is 35.0 Å². The van der Waals surface area contributed by atoms with E-state index >= 15 is 0 Å². The number of nitrogens with two attached hydrogens (primary N) is 1. The van der Waals surface area contributed by atoms with E-state index in [-0.39, 0.29) is 29.4 Å². The van der Waals surface area contributed by atoms with Crippen LogP contribution >= 0.6 is 11.6 Å². The summed E-state index contributed by atoms with van der Waals surface area (Å²) >= 11 is 6.21. The number of hydrogen-bond acceptors (Lipinski definition) is 5. The van der Waals surface area contributed by atoms with Gasteiger partial charge in [-0.25, -0.2) is 17.1 Å². The second kappa shape index (κ2) is 9.36. The van der Waals surface area contributed by atoms with Crippen LogP contribution in [0, 0.1) is 6.92 Å². The number of allylic oxidation sites excluding steroid dienone is 1. The van der Waals surface area contributed by atoms with E-state index in [9.17, 15) is 17.9 Å². The van der Waals surface area contributed by atoms with Crippen LogP contribution in [0.1, 0.15) is 35.5 Å². The zero-order valence-corrected chi connectivity index (χ0v) is 18.4. The molecule has 2 rings (SSSR count).